The molecular weight excluding hydrogens is 208 g/mol. The summed E-state index contributed by atoms with van der Waals surface area (Å²) >= 11 is 0. The second-order valence-electron chi connectivity index (χ2n) is 4.71. The molecule has 2 nitrogen and oxygen atoms in total. The Labute approximate surface area is 104 Å². The average molecular weight is 230 g/mol. The largest absolute Gasteiger partial charge is 0.300 e. The monoisotopic (exact) mass is 230 g/mol. The van der Waals surface area contributed by atoms with Gasteiger partial charge < -0.3 is 0 Å². The molecule has 0 aliphatic carbocycles. The first-order valence-corrected chi connectivity index (χ1v) is 6.72. The van der Waals surface area contributed by atoms with E-state index in [2.05, 4.69) is 41.1 Å². The first-order valence-electron chi connectivity index (χ1n) is 6.72. The average Bonchev–Trinajstić information content (AvgIpc) is 2.41. The van der Waals surface area contributed by atoms with Gasteiger partial charge in [-0.05, 0) is 50.1 Å². The summed E-state index contributed by atoms with van der Waals surface area (Å²) in [4.78, 5) is 6.94. The summed E-state index contributed by atoms with van der Waals surface area (Å²) in [6.07, 6.45) is 11.5. The highest BCUT2D eigenvalue weighted by Crippen LogP contribution is 2.08. The molecule has 1 aromatic heterocycles. The Bertz CT molecular complexity index is 348. The highest BCUT2D eigenvalue weighted by Gasteiger charge is 2.07. The predicted molar refractivity (Wildman–Crippen MR) is 72.9 cm³/mol. The molecule has 0 atom stereocenters. The number of piperidine rings is 1. The molecule has 1 aliphatic rings. The summed E-state index contributed by atoms with van der Waals surface area (Å²) in [6, 6.07) is 4.26. The van der Waals surface area contributed by atoms with Crippen LogP contribution in [0.4, 0.5) is 0 Å². The lowest BCUT2D eigenvalue weighted by Gasteiger charge is -2.24. The van der Waals surface area contributed by atoms with Crippen molar-refractivity contribution in [3.63, 3.8) is 0 Å². The zero-order chi connectivity index (χ0) is 11.9. The smallest absolute Gasteiger partial charge is 0.0627 e. The summed E-state index contributed by atoms with van der Waals surface area (Å²) in [7, 11) is 0. The molecule has 2 heteroatoms. The van der Waals surface area contributed by atoms with Crippen molar-refractivity contribution in [3.8, 4) is 0 Å². The third-order valence-corrected chi connectivity index (χ3v) is 3.36. The molecule has 1 aromatic rings. The number of likely N-dealkylation sites (tertiary alicyclic amines) is 1. The van der Waals surface area contributed by atoms with E-state index in [1.54, 1.807) is 0 Å². The minimum Gasteiger partial charge on any atom is -0.300 e. The lowest BCUT2D eigenvalue weighted by molar-refractivity contribution is 0.252. The predicted octanol–water partition coefficient (Wildman–Crippen LogP) is 3.14. The highest BCUT2D eigenvalue weighted by molar-refractivity contribution is 5.44. The summed E-state index contributed by atoms with van der Waals surface area (Å²) in [6.45, 7) is 5.74. The minimum atomic E-state index is 1.06. The molecule has 1 saturated heterocycles. The molecule has 1 aliphatic heterocycles. The molecule has 0 N–H and O–H groups in total. The van der Waals surface area contributed by atoms with E-state index < -0.39 is 0 Å². The van der Waals surface area contributed by atoms with Gasteiger partial charge in [-0.25, -0.2) is 0 Å². The quantitative estimate of drug-likeness (QED) is 0.790. The topological polar surface area (TPSA) is 16.1 Å². The van der Waals surface area contributed by atoms with Crippen molar-refractivity contribution in [1.82, 2.24) is 9.88 Å². The van der Waals surface area contributed by atoms with E-state index >= 15 is 0 Å². The molecular formula is C15H22N2. The van der Waals surface area contributed by atoms with E-state index in [0.717, 1.165) is 18.7 Å². The molecule has 0 spiro atoms. The normalized spacial score (nSPS) is 17.7. The van der Waals surface area contributed by atoms with E-state index in [0.29, 0.717) is 0 Å². The van der Waals surface area contributed by atoms with Gasteiger partial charge in [-0.1, -0.05) is 25.5 Å². The summed E-state index contributed by atoms with van der Waals surface area (Å²) in [5.41, 5.74) is 2.37. The Balaban J connectivity index is 1.82. The Kier molecular flexibility index (Phi) is 4.75. The SMILES string of the molecule is CCc1ccc(/C=C/CN2CCCCC2)nc1. The fraction of sp³-hybridized carbons (Fsp3) is 0.533. The van der Waals surface area contributed by atoms with Crippen LogP contribution in [0.2, 0.25) is 0 Å². The van der Waals surface area contributed by atoms with Crippen LogP contribution in [-0.4, -0.2) is 29.5 Å². The summed E-state index contributed by atoms with van der Waals surface area (Å²) < 4.78 is 0. The van der Waals surface area contributed by atoms with E-state index in [9.17, 15) is 0 Å². The number of hydrogen-bond donors (Lipinski definition) is 0. The molecule has 2 heterocycles. The fourth-order valence-electron chi connectivity index (χ4n) is 2.21. The second-order valence-corrected chi connectivity index (χ2v) is 4.71. The van der Waals surface area contributed by atoms with Crippen molar-refractivity contribution in [3.05, 3.63) is 35.7 Å². The maximum absolute atomic E-state index is 4.43. The number of hydrogen-bond acceptors (Lipinski definition) is 2. The number of pyridine rings is 1. The van der Waals surface area contributed by atoms with Crippen molar-refractivity contribution < 1.29 is 0 Å². The molecule has 2 rings (SSSR count). The van der Waals surface area contributed by atoms with Gasteiger partial charge in [-0.2, -0.15) is 0 Å². The first kappa shape index (κ1) is 12.3. The van der Waals surface area contributed by atoms with Crippen molar-refractivity contribution in [2.45, 2.75) is 32.6 Å². The molecule has 0 amide bonds. The fourth-order valence-corrected chi connectivity index (χ4v) is 2.21. The van der Waals surface area contributed by atoms with Crippen LogP contribution in [0.5, 0.6) is 0 Å². The van der Waals surface area contributed by atoms with Crippen LogP contribution in [0.1, 0.15) is 37.4 Å². The van der Waals surface area contributed by atoms with Gasteiger partial charge in [0, 0.05) is 12.7 Å². The van der Waals surface area contributed by atoms with E-state index in [1.807, 2.05) is 6.20 Å². The third kappa shape index (κ3) is 3.97. The number of aryl methyl sites for hydroxylation is 1. The first-order chi connectivity index (χ1) is 8.38. The maximum atomic E-state index is 4.43. The molecule has 0 unspecified atom stereocenters. The number of rotatable bonds is 4. The molecule has 92 valence electrons. The van der Waals surface area contributed by atoms with Crippen molar-refractivity contribution in [2.24, 2.45) is 0 Å². The Morgan fingerprint density at radius 3 is 2.71 bits per heavy atom. The van der Waals surface area contributed by atoms with Crippen molar-refractivity contribution in [1.29, 1.82) is 0 Å². The second kappa shape index (κ2) is 6.55. The van der Waals surface area contributed by atoms with Crippen molar-refractivity contribution >= 4 is 6.08 Å². The van der Waals surface area contributed by atoms with E-state index in [-0.39, 0.29) is 0 Å². The van der Waals surface area contributed by atoms with Gasteiger partial charge in [0.15, 0.2) is 0 Å². The van der Waals surface area contributed by atoms with Crippen LogP contribution in [0, 0.1) is 0 Å². The molecule has 0 saturated carbocycles. The van der Waals surface area contributed by atoms with Crippen LogP contribution < -0.4 is 0 Å². The molecule has 1 fully saturated rings. The molecule has 17 heavy (non-hydrogen) atoms. The lowest BCUT2D eigenvalue weighted by Crippen LogP contribution is -2.29. The van der Waals surface area contributed by atoms with Crippen LogP contribution in [0.3, 0.4) is 0 Å². The van der Waals surface area contributed by atoms with Gasteiger partial charge in [0.25, 0.3) is 0 Å². The summed E-state index contributed by atoms with van der Waals surface area (Å²) in [5.74, 6) is 0. The molecule has 0 aromatic carbocycles. The van der Waals surface area contributed by atoms with Crippen LogP contribution in [-0.2, 0) is 6.42 Å². The zero-order valence-corrected chi connectivity index (χ0v) is 10.7. The van der Waals surface area contributed by atoms with Gasteiger partial charge >= 0.3 is 0 Å². The van der Waals surface area contributed by atoms with Gasteiger partial charge in [0.1, 0.15) is 0 Å². The van der Waals surface area contributed by atoms with Gasteiger partial charge in [0.05, 0.1) is 5.69 Å². The van der Waals surface area contributed by atoms with Gasteiger partial charge in [-0.15, -0.1) is 0 Å². The summed E-state index contributed by atoms with van der Waals surface area (Å²) in [5, 5.41) is 0. The Morgan fingerprint density at radius 1 is 1.24 bits per heavy atom. The van der Waals surface area contributed by atoms with E-state index in [1.165, 1.54) is 37.9 Å². The van der Waals surface area contributed by atoms with Crippen LogP contribution in [0.15, 0.2) is 24.4 Å². The highest BCUT2D eigenvalue weighted by atomic mass is 15.1. The van der Waals surface area contributed by atoms with Crippen LogP contribution in [0.25, 0.3) is 6.08 Å². The third-order valence-electron chi connectivity index (χ3n) is 3.36. The minimum absolute atomic E-state index is 1.06. The number of aromatic nitrogens is 1. The number of nitrogens with zero attached hydrogens (tertiary/aromatic N) is 2. The standard InChI is InChI=1S/C15H22N2/c1-2-14-8-9-15(16-13-14)7-6-12-17-10-4-3-5-11-17/h6-9,13H,2-5,10-12H2,1H3/b7-6+. The molecule has 0 radical (unpaired) electrons. The zero-order valence-electron chi connectivity index (χ0n) is 10.7. The Morgan fingerprint density at radius 2 is 2.06 bits per heavy atom. The lowest BCUT2D eigenvalue weighted by atomic mass is 10.1. The van der Waals surface area contributed by atoms with Crippen LogP contribution >= 0.6 is 0 Å². The van der Waals surface area contributed by atoms with Gasteiger partial charge in [-0.3, -0.25) is 9.88 Å². The Hall–Kier alpha value is -1.15. The maximum Gasteiger partial charge on any atom is 0.0627 e. The van der Waals surface area contributed by atoms with Gasteiger partial charge in [0.2, 0.25) is 0 Å². The van der Waals surface area contributed by atoms with Crippen molar-refractivity contribution in [2.75, 3.05) is 19.6 Å². The van der Waals surface area contributed by atoms with E-state index in [4.69, 9.17) is 0 Å². The molecule has 0 bridgehead atoms.